The van der Waals surface area contributed by atoms with Crippen LogP contribution in [0.15, 0.2) is 47.6 Å². The maximum Gasteiger partial charge on any atom is 0.338 e. The minimum Gasteiger partial charge on any atom is -0.483 e. The molecule has 0 saturated heterocycles. The number of carbonyl (C=O) groups is 2. The first kappa shape index (κ1) is 25.3. The second-order valence-corrected chi connectivity index (χ2v) is 8.75. The number of aryl methyl sites for hydroxylation is 2. The quantitative estimate of drug-likeness (QED) is 0.322. The zero-order chi connectivity index (χ0) is 24.7. The third-order valence-electron chi connectivity index (χ3n) is 4.95. The largest absolute Gasteiger partial charge is 0.483 e. The van der Waals surface area contributed by atoms with Crippen LogP contribution in [0.5, 0.6) is 5.75 Å². The Morgan fingerprint density at radius 3 is 2.35 bits per heavy atom. The van der Waals surface area contributed by atoms with Crippen LogP contribution in [0.4, 0.5) is 5.69 Å². The monoisotopic (exact) mass is 482 g/mol. The molecule has 3 rings (SSSR count). The van der Waals surface area contributed by atoms with Crippen LogP contribution in [0.25, 0.3) is 0 Å². The molecule has 2 aromatic carbocycles. The fourth-order valence-electron chi connectivity index (χ4n) is 3.49. The molecule has 0 aliphatic rings. The maximum atomic E-state index is 12.4. The van der Waals surface area contributed by atoms with Crippen molar-refractivity contribution in [3.8, 4) is 5.75 Å². The van der Waals surface area contributed by atoms with E-state index >= 15 is 0 Å². The smallest absolute Gasteiger partial charge is 0.338 e. The van der Waals surface area contributed by atoms with E-state index in [2.05, 4.69) is 21.6 Å². The van der Waals surface area contributed by atoms with Gasteiger partial charge in [0.2, 0.25) is 5.91 Å². The van der Waals surface area contributed by atoms with Gasteiger partial charge in [-0.1, -0.05) is 17.8 Å². The fraction of sp³-hybridized carbons (Fsp3) is 0.360. The van der Waals surface area contributed by atoms with E-state index in [0.29, 0.717) is 35.4 Å². The van der Waals surface area contributed by atoms with E-state index < -0.39 is 0 Å². The standard InChI is InChI=1S/C25H30N4O4S/c1-6-29-23(18(5)33-21-13-16(3)12-17(4)14-21)27-28-25(29)34-15-22(30)26-20-10-8-19(9-11-20)24(31)32-7-2/h8-14,18H,6-7,15H2,1-5H3,(H,26,30). The Morgan fingerprint density at radius 1 is 1.06 bits per heavy atom. The molecule has 34 heavy (non-hydrogen) atoms. The van der Waals surface area contributed by atoms with Gasteiger partial charge >= 0.3 is 5.97 Å². The van der Waals surface area contributed by atoms with Gasteiger partial charge in [0, 0.05) is 12.2 Å². The lowest BCUT2D eigenvalue weighted by atomic mass is 10.1. The van der Waals surface area contributed by atoms with E-state index in [1.54, 1.807) is 31.2 Å². The molecule has 9 heteroatoms. The number of benzene rings is 2. The minimum atomic E-state index is -0.388. The number of hydrogen-bond acceptors (Lipinski definition) is 7. The van der Waals surface area contributed by atoms with Gasteiger partial charge in [0.25, 0.3) is 0 Å². The molecule has 1 aromatic heterocycles. The first-order valence-electron chi connectivity index (χ1n) is 11.2. The van der Waals surface area contributed by atoms with Crippen LogP contribution in [-0.2, 0) is 16.1 Å². The third-order valence-corrected chi connectivity index (χ3v) is 5.91. The van der Waals surface area contributed by atoms with Crippen LogP contribution in [0.1, 0.15) is 54.2 Å². The Labute approximate surface area is 204 Å². The maximum absolute atomic E-state index is 12.4. The number of ether oxygens (including phenoxy) is 2. The second-order valence-electron chi connectivity index (χ2n) is 7.80. The van der Waals surface area contributed by atoms with Crippen LogP contribution >= 0.6 is 11.8 Å². The van der Waals surface area contributed by atoms with Crippen molar-refractivity contribution in [1.29, 1.82) is 0 Å². The van der Waals surface area contributed by atoms with Gasteiger partial charge in [-0.3, -0.25) is 4.79 Å². The molecule has 0 spiro atoms. The molecule has 1 atom stereocenters. The first-order chi connectivity index (χ1) is 16.3. The van der Waals surface area contributed by atoms with Crippen molar-refractivity contribution in [3.05, 3.63) is 65.0 Å². The lowest BCUT2D eigenvalue weighted by Crippen LogP contribution is -2.15. The number of nitrogens with zero attached hydrogens (tertiary/aromatic N) is 3. The van der Waals surface area contributed by atoms with Crippen molar-refractivity contribution in [2.45, 2.75) is 52.4 Å². The number of aromatic nitrogens is 3. The molecule has 3 aromatic rings. The molecule has 1 heterocycles. The summed E-state index contributed by atoms with van der Waals surface area (Å²) in [4.78, 5) is 24.2. The van der Waals surface area contributed by atoms with Gasteiger partial charge in [-0.15, -0.1) is 10.2 Å². The highest BCUT2D eigenvalue weighted by Gasteiger charge is 2.20. The number of amides is 1. The zero-order valence-electron chi connectivity index (χ0n) is 20.1. The van der Waals surface area contributed by atoms with Gasteiger partial charge in [0.1, 0.15) is 5.75 Å². The highest BCUT2D eigenvalue weighted by molar-refractivity contribution is 7.99. The SMILES string of the molecule is CCOC(=O)c1ccc(NC(=O)CSc2nnc(C(C)Oc3cc(C)cc(C)c3)n2CC)cc1. The van der Waals surface area contributed by atoms with Crippen molar-refractivity contribution >= 4 is 29.3 Å². The van der Waals surface area contributed by atoms with Crippen molar-refractivity contribution < 1.29 is 19.1 Å². The van der Waals surface area contributed by atoms with E-state index in [1.807, 2.05) is 44.4 Å². The summed E-state index contributed by atoms with van der Waals surface area (Å²) in [5, 5.41) is 12.1. The molecule has 1 amide bonds. The Hall–Kier alpha value is -3.33. The average molecular weight is 483 g/mol. The van der Waals surface area contributed by atoms with Gasteiger partial charge < -0.3 is 19.4 Å². The number of thioether (sulfide) groups is 1. The van der Waals surface area contributed by atoms with Gasteiger partial charge in [0.15, 0.2) is 17.1 Å². The van der Waals surface area contributed by atoms with Crippen molar-refractivity contribution in [2.24, 2.45) is 0 Å². The highest BCUT2D eigenvalue weighted by Crippen LogP contribution is 2.26. The molecule has 0 saturated carbocycles. The van der Waals surface area contributed by atoms with Gasteiger partial charge in [0.05, 0.1) is 17.9 Å². The molecule has 8 nitrogen and oxygen atoms in total. The molecule has 1 N–H and O–H groups in total. The summed E-state index contributed by atoms with van der Waals surface area (Å²) in [7, 11) is 0. The van der Waals surface area contributed by atoms with Gasteiger partial charge in [-0.05, 0) is 82.1 Å². The Balaban J connectivity index is 1.59. The van der Waals surface area contributed by atoms with Crippen LogP contribution in [0, 0.1) is 13.8 Å². The highest BCUT2D eigenvalue weighted by atomic mass is 32.2. The van der Waals surface area contributed by atoms with E-state index in [4.69, 9.17) is 9.47 Å². The molecule has 0 aliphatic heterocycles. The third kappa shape index (κ3) is 6.60. The molecule has 0 aliphatic carbocycles. The fourth-order valence-corrected chi connectivity index (χ4v) is 4.30. The summed E-state index contributed by atoms with van der Waals surface area (Å²) < 4.78 is 13.0. The predicted molar refractivity (Wildman–Crippen MR) is 132 cm³/mol. The van der Waals surface area contributed by atoms with Gasteiger partial charge in [-0.2, -0.15) is 0 Å². The number of carbonyl (C=O) groups excluding carboxylic acids is 2. The predicted octanol–water partition coefficient (Wildman–Crippen LogP) is 4.96. The number of rotatable bonds is 10. The van der Waals surface area contributed by atoms with Crippen LogP contribution in [-0.4, -0.2) is 39.0 Å². The van der Waals surface area contributed by atoms with E-state index in [9.17, 15) is 9.59 Å². The van der Waals surface area contributed by atoms with E-state index in [1.165, 1.54) is 11.8 Å². The Morgan fingerprint density at radius 2 is 1.74 bits per heavy atom. The number of esters is 1. The van der Waals surface area contributed by atoms with E-state index in [0.717, 1.165) is 16.9 Å². The van der Waals surface area contributed by atoms with Crippen molar-refractivity contribution in [3.63, 3.8) is 0 Å². The normalized spacial score (nSPS) is 11.7. The Bertz CT molecular complexity index is 1120. The van der Waals surface area contributed by atoms with Crippen LogP contribution in [0.3, 0.4) is 0 Å². The summed E-state index contributed by atoms with van der Waals surface area (Å²) in [6.07, 6.45) is -0.297. The molecule has 180 valence electrons. The summed E-state index contributed by atoms with van der Waals surface area (Å²) >= 11 is 1.31. The lowest BCUT2D eigenvalue weighted by Gasteiger charge is -2.16. The average Bonchev–Trinajstić information content (AvgIpc) is 3.21. The van der Waals surface area contributed by atoms with E-state index in [-0.39, 0.29) is 23.7 Å². The lowest BCUT2D eigenvalue weighted by molar-refractivity contribution is -0.113. The molecular weight excluding hydrogens is 452 g/mol. The second kappa shape index (κ2) is 11.7. The minimum absolute atomic E-state index is 0.171. The summed E-state index contributed by atoms with van der Waals surface area (Å²) in [6, 6.07) is 12.7. The number of hydrogen-bond donors (Lipinski definition) is 1. The summed E-state index contributed by atoms with van der Waals surface area (Å²) in [5.41, 5.74) is 3.32. The number of nitrogens with one attached hydrogen (secondary N) is 1. The zero-order valence-corrected chi connectivity index (χ0v) is 20.9. The molecule has 0 bridgehead atoms. The van der Waals surface area contributed by atoms with Gasteiger partial charge in [-0.25, -0.2) is 4.79 Å². The molecule has 0 fully saturated rings. The van der Waals surface area contributed by atoms with Crippen LogP contribution in [0.2, 0.25) is 0 Å². The molecular formula is C25H30N4O4S. The molecule has 0 radical (unpaired) electrons. The summed E-state index contributed by atoms with van der Waals surface area (Å²) in [5.74, 6) is 1.10. The summed E-state index contributed by atoms with van der Waals surface area (Å²) in [6.45, 7) is 10.7. The number of anilines is 1. The topological polar surface area (TPSA) is 95.3 Å². The first-order valence-corrected chi connectivity index (χ1v) is 12.2. The van der Waals surface area contributed by atoms with Crippen molar-refractivity contribution in [1.82, 2.24) is 14.8 Å². The van der Waals surface area contributed by atoms with Crippen LogP contribution < -0.4 is 10.1 Å². The molecule has 1 unspecified atom stereocenters. The Kier molecular flexibility index (Phi) is 8.70. The van der Waals surface area contributed by atoms with Crippen molar-refractivity contribution in [2.75, 3.05) is 17.7 Å².